The topological polar surface area (TPSA) is 75.1 Å². The van der Waals surface area contributed by atoms with Crippen LogP contribution in [0.5, 0.6) is 0 Å². The van der Waals surface area contributed by atoms with Gasteiger partial charge in [-0.3, -0.25) is 4.79 Å². The Morgan fingerprint density at radius 1 is 1.35 bits per heavy atom. The second-order valence-corrected chi connectivity index (χ2v) is 3.50. The van der Waals surface area contributed by atoms with Gasteiger partial charge in [0.2, 0.25) is 0 Å². The van der Waals surface area contributed by atoms with Gasteiger partial charge >= 0.3 is 5.97 Å². The van der Waals surface area contributed by atoms with Gasteiger partial charge in [-0.2, -0.15) is 0 Å². The summed E-state index contributed by atoms with van der Waals surface area (Å²) in [6, 6.07) is 8.48. The first-order valence-electron chi connectivity index (χ1n) is 5.55. The molecule has 2 aliphatic carbocycles. The first-order valence-corrected chi connectivity index (χ1v) is 5.55. The van der Waals surface area contributed by atoms with Crippen molar-refractivity contribution in [2.45, 2.75) is 19.8 Å². The molecular weight excluding hydrogens is 218 g/mol. The molecule has 0 saturated heterocycles. The van der Waals surface area contributed by atoms with Crippen molar-refractivity contribution in [1.29, 1.82) is 0 Å². The van der Waals surface area contributed by atoms with E-state index in [2.05, 4.69) is 39.0 Å². The van der Waals surface area contributed by atoms with Crippen molar-refractivity contribution < 1.29 is 9.53 Å². The molecule has 0 fully saturated rings. The zero-order valence-electron chi connectivity index (χ0n) is 9.80. The van der Waals surface area contributed by atoms with Gasteiger partial charge in [0.1, 0.15) is 0 Å². The van der Waals surface area contributed by atoms with Gasteiger partial charge in [0, 0.05) is 11.3 Å². The lowest BCUT2D eigenvalue weighted by Gasteiger charge is -2.10. The Kier molecular flexibility index (Phi) is 5.61. The molecule has 0 N–H and O–H groups in total. The number of ether oxygens (including phenoxy) is 1. The Morgan fingerprint density at radius 2 is 1.94 bits per heavy atom. The molecule has 0 radical (unpaired) electrons. The minimum Gasteiger partial charge on any atom is -0.466 e. The van der Waals surface area contributed by atoms with Gasteiger partial charge in [0.25, 0.3) is 0 Å². The fourth-order valence-electron chi connectivity index (χ4n) is 1.18. The van der Waals surface area contributed by atoms with Gasteiger partial charge < -0.3 is 4.74 Å². The van der Waals surface area contributed by atoms with Crippen molar-refractivity contribution in [1.82, 2.24) is 0 Å². The molecule has 0 aromatic carbocycles. The van der Waals surface area contributed by atoms with E-state index < -0.39 is 0 Å². The zero-order valence-corrected chi connectivity index (χ0v) is 9.80. The number of fused-ring (bicyclic) bond motifs is 1. The van der Waals surface area contributed by atoms with Crippen LogP contribution in [-0.4, -0.2) is 19.1 Å². The number of azide groups is 1. The van der Waals surface area contributed by atoms with Gasteiger partial charge in [-0.1, -0.05) is 36.3 Å². The maximum absolute atomic E-state index is 10.6. The summed E-state index contributed by atoms with van der Waals surface area (Å²) in [5.41, 5.74) is 10.7. The second-order valence-electron chi connectivity index (χ2n) is 3.50. The highest BCUT2D eigenvalue weighted by Crippen LogP contribution is 2.29. The van der Waals surface area contributed by atoms with Crippen LogP contribution >= 0.6 is 0 Å². The second kappa shape index (κ2) is 7.30. The number of hydrogen-bond acceptors (Lipinski definition) is 3. The molecule has 0 atom stereocenters. The minimum atomic E-state index is -0.236. The Bertz CT molecular complexity index is 387. The first kappa shape index (κ1) is 13.1. The van der Waals surface area contributed by atoms with Gasteiger partial charge in [0.15, 0.2) is 0 Å². The van der Waals surface area contributed by atoms with Crippen molar-refractivity contribution in [3.8, 4) is 11.1 Å². The van der Waals surface area contributed by atoms with Crippen LogP contribution in [0.3, 0.4) is 0 Å². The summed E-state index contributed by atoms with van der Waals surface area (Å²) in [5, 5.41) is 3.21. The normalized spacial score (nSPS) is 9.47. The SMILES string of the molecule is CCCC(=O)OCCN=[N+]=[N-].c1cc2ccc1-2. The average molecular weight is 233 g/mol. The van der Waals surface area contributed by atoms with Crippen molar-refractivity contribution >= 4 is 5.97 Å². The van der Waals surface area contributed by atoms with Crippen molar-refractivity contribution in [3.63, 3.8) is 0 Å². The third kappa shape index (κ3) is 4.57. The smallest absolute Gasteiger partial charge is 0.305 e. The molecule has 0 bridgehead atoms. The van der Waals surface area contributed by atoms with Gasteiger partial charge in [0.05, 0.1) is 13.2 Å². The summed E-state index contributed by atoms with van der Waals surface area (Å²) >= 11 is 0. The summed E-state index contributed by atoms with van der Waals surface area (Å²) in [4.78, 5) is 13.2. The predicted octanol–water partition coefficient (Wildman–Crippen LogP) is 3.31. The van der Waals surface area contributed by atoms with Crippen molar-refractivity contribution in [3.05, 3.63) is 34.7 Å². The molecule has 0 heterocycles. The summed E-state index contributed by atoms with van der Waals surface area (Å²) in [5.74, 6) is -0.236. The molecule has 5 heteroatoms. The number of nitrogens with zero attached hydrogens (tertiary/aromatic N) is 3. The monoisotopic (exact) mass is 233 g/mol. The lowest BCUT2D eigenvalue weighted by atomic mass is 9.95. The van der Waals surface area contributed by atoms with Crippen LogP contribution in [0.2, 0.25) is 0 Å². The van der Waals surface area contributed by atoms with Crippen LogP contribution < -0.4 is 0 Å². The van der Waals surface area contributed by atoms with Crippen LogP contribution in [-0.2, 0) is 9.53 Å². The zero-order chi connectivity index (χ0) is 12.5. The number of benzene rings is 1. The van der Waals surface area contributed by atoms with Gasteiger partial charge in [-0.05, 0) is 23.1 Å². The Labute approximate surface area is 100 Å². The summed E-state index contributed by atoms with van der Waals surface area (Å²) < 4.78 is 4.68. The highest BCUT2D eigenvalue weighted by Gasteiger charge is 2.04. The van der Waals surface area contributed by atoms with Crippen molar-refractivity contribution in [2.24, 2.45) is 5.11 Å². The molecule has 0 aliphatic heterocycles. The Morgan fingerprint density at radius 3 is 2.29 bits per heavy atom. The van der Waals surface area contributed by atoms with Crippen LogP contribution in [0.15, 0.2) is 29.4 Å². The number of hydrogen-bond donors (Lipinski definition) is 0. The number of carbonyl (C=O) groups is 1. The molecule has 0 aromatic heterocycles. The Balaban J connectivity index is 0.000000196. The summed E-state index contributed by atoms with van der Waals surface area (Å²) in [7, 11) is 0. The molecule has 2 rings (SSSR count). The average Bonchev–Trinajstić information content (AvgIpc) is 2.30. The molecule has 90 valence electrons. The molecule has 0 unspecified atom stereocenters. The molecule has 0 spiro atoms. The van der Waals surface area contributed by atoms with E-state index in [0.717, 1.165) is 6.42 Å². The molecule has 2 aliphatic rings. The quantitative estimate of drug-likeness (QED) is 0.261. The van der Waals surface area contributed by atoms with Crippen molar-refractivity contribution in [2.75, 3.05) is 13.2 Å². The van der Waals surface area contributed by atoms with E-state index in [-0.39, 0.29) is 19.1 Å². The van der Waals surface area contributed by atoms with E-state index >= 15 is 0 Å². The highest BCUT2D eigenvalue weighted by molar-refractivity contribution is 5.75. The number of rotatable bonds is 5. The number of esters is 1. The number of carbonyl (C=O) groups excluding carboxylic acids is 1. The van der Waals surface area contributed by atoms with E-state index in [1.165, 1.54) is 11.1 Å². The molecule has 0 saturated carbocycles. The minimum absolute atomic E-state index is 0.183. The highest BCUT2D eigenvalue weighted by atomic mass is 16.5. The Hall–Kier alpha value is -2.00. The summed E-state index contributed by atoms with van der Waals surface area (Å²) in [6.45, 7) is 2.30. The maximum Gasteiger partial charge on any atom is 0.305 e. The maximum atomic E-state index is 10.6. The van der Waals surface area contributed by atoms with E-state index in [1.807, 2.05) is 6.92 Å². The largest absolute Gasteiger partial charge is 0.466 e. The fraction of sp³-hybridized carbons (Fsp3) is 0.417. The molecule has 0 aromatic rings. The fourth-order valence-corrected chi connectivity index (χ4v) is 1.18. The van der Waals surface area contributed by atoms with E-state index in [9.17, 15) is 4.79 Å². The molecular formula is C12H15N3O2. The van der Waals surface area contributed by atoms with Crippen LogP contribution in [0.4, 0.5) is 0 Å². The summed E-state index contributed by atoms with van der Waals surface area (Å²) in [6.07, 6.45) is 1.20. The third-order valence-corrected chi connectivity index (χ3v) is 2.19. The molecule has 5 nitrogen and oxygen atoms in total. The standard InChI is InChI=1S/C6H11N3O2.C6H4/c1-2-3-6(10)11-5-4-8-9-7;1-2-6-4-3-5(1)6/h2-5H2,1H3;1-4H. The van der Waals surface area contributed by atoms with E-state index in [0.29, 0.717) is 6.42 Å². The van der Waals surface area contributed by atoms with Crippen LogP contribution in [0.25, 0.3) is 21.6 Å². The third-order valence-electron chi connectivity index (χ3n) is 2.19. The van der Waals surface area contributed by atoms with Gasteiger partial charge in [-0.25, -0.2) is 0 Å². The lowest BCUT2D eigenvalue weighted by molar-refractivity contribution is -0.143. The first-order chi connectivity index (χ1) is 8.27. The van der Waals surface area contributed by atoms with Crippen LogP contribution in [0, 0.1) is 0 Å². The van der Waals surface area contributed by atoms with Gasteiger partial charge in [-0.15, -0.1) is 0 Å². The molecule has 17 heavy (non-hydrogen) atoms. The van der Waals surface area contributed by atoms with E-state index in [4.69, 9.17) is 5.53 Å². The molecule has 0 amide bonds. The lowest BCUT2D eigenvalue weighted by Crippen LogP contribution is -2.06. The van der Waals surface area contributed by atoms with E-state index in [1.54, 1.807) is 0 Å². The van der Waals surface area contributed by atoms with Crippen LogP contribution in [0.1, 0.15) is 19.8 Å². The predicted molar refractivity (Wildman–Crippen MR) is 65.3 cm³/mol.